The van der Waals surface area contributed by atoms with Gasteiger partial charge in [-0.05, 0) is 0 Å². The molecule has 2 nitrogen and oxygen atoms in total. The molecule has 12 heavy (non-hydrogen) atoms. The fourth-order valence-corrected chi connectivity index (χ4v) is 2.97. The van der Waals surface area contributed by atoms with Crippen molar-refractivity contribution in [1.82, 2.24) is 0 Å². The van der Waals surface area contributed by atoms with Crippen molar-refractivity contribution >= 4 is 31.2 Å². The van der Waals surface area contributed by atoms with Crippen LogP contribution in [0.4, 0.5) is 0 Å². The van der Waals surface area contributed by atoms with E-state index in [-0.39, 0.29) is 14.5 Å². The molecule has 1 aromatic heterocycles. The van der Waals surface area contributed by atoms with Crippen molar-refractivity contribution in [2.45, 2.75) is 0 Å². The van der Waals surface area contributed by atoms with Gasteiger partial charge in [0.15, 0.2) is 0 Å². The molecular weight excluding hydrogens is 219 g/mol. The predicted molar refractivity (Wildman–Crippen MR) is 47.8 cm³/mol. The van der Waals surface area contributed by atoms with Crippen molar-refractivity contribution in [3.05, 3.63) is 33.6 Å². The van der Waals surface area contributed by atoms with E-state index >= 15 is 0 Å². The standard InChI is InChI=1S/C9H6O2Se/c10-9(11)8-7-4-2-1-3-6(7)5-12-8/h1-5H,(H,10,11). The van der Waals surface area contributed by atoms with Crippen LogP contribution >= 0.6 is 0 Å². The van der Waals surface area contributed by atoms with Gasteiger partial charge in [0.1, 0.15) is 0 Å². The number of rotatable bonds is 1. The van der Waals surface area contributed by atoms with Gasteiger partial charge in [0.2, 0.25) is 0 Å². The van der Waals surface area contributed by atoms with E-state index in [4.69, 9.17) is 5.11 Å². The molecule has 0 radical (unpaired) electrons. The van der Waals surface area contributed by atoms with Crippen molar-refractivity contribution < 1.29 is 9.90 Å². The molecule has 2 aromatic rings. The number of fused-ring (bicyclic) bond motifs is 1. The Balaban J connectivity index is 2.79. The number of carboxylic acids is 1. The van der Waals surface area contributed by atoms with Gasteiger partial charge < -0.3 is 0 Å². The first-order valence-corrected chi connectivity index (χ1v) is 5.33. The number of hydrogen-bond donors (Lipinski definition) is 1. The second-order valence-corrected chi connectivity index (χ2v) is 4.30. The van der Waals surface area contributed by atoms with Crippen LogP contribution in [0.25, 0.3) is 10.8 Å². The summed E-state index contributed by atoms with van der Waals surface area (Å²) in [5.41, 5.74) is 0. The molecule has 1 heterocycles. The molecular formula is C9H6O2Se. The van der Waals surface area contributed by atoms with Crippen molar-refractivity contribution in [2.75, 3.05) is 0 Å². The van der Waals surface area contributed by atoms with E-state index in [1.54, 1.807) is 0 Å². The maximum absolute atomic E-state index is 10.7. The first kappa shape index (κ1) is 7.59. The molecule has 1 N–H and O–H groups in total. The molecule has 3 heteroatoms. The molecule has 0 spiro atoms. The zero-order valence-corrected chi connectivity index (χ0v) is 7.86. The average molecular weight is 225 g/mol. The quantitative estimate of drug-likeness (QED) is 0.748. The molecule has 0 amide bonds. The Morgan fingerprint density at radius 2 is 2.08 bits per heavy atom. The van der Waals surface area contributed by atoms with E-state index in [0.29, 0.717) is 4.44 Å². The van der Waals surface area contributed by atoms with E-state index in [2.05, 4.69) is 0 Å². The van der Waals surface area contributed by atoms with Gasteiger partial charge in [-0.3, -0.25) is 0 Å². The Labute approximate surface area is 75.2 Å². The van der Waals surface area contributed by atoms with Crippen LogP contribution in [0.3, 0.4) is 0 Å². The second kappa shape index (κ2) is 2.77. The number of carbonyl (C=O) groups is 1. The Bertz CT molecular complexity index is 431. The van der Waals surface area contributed by atoms with Crippen molar-refractivity contribution in [1.29, 1.82) is 0 Å². The second-order valence-electron chi connectivity index (χ2n) is 2.46. The molecule has 0 fully saturated rings. The number of carboxylic acid groups (broad SMARTS) is 1. The zero-order chi connectivity index (χ0) is 8.55. The van der Waals surface area contributed by atoms with Gasteiger partial charge in [0.25, 0.3) is 0 Å². The third-order valence-electron chi connectivity index (χ3n) is 1.70. The van der Waals surface area contributed by atoms with Crippen LogP contribution in [-0.4, -0.2) is 25.6 Å². The minimum absolute atomic E-state index is 0.00944. The van der Waals surface area contributed by atoms with Crippen molar-refractivity contribution in [3.63, 3.8) is 0 Å². The summed E-state index contributed by atoms with van der Waals surface area (Å²) < 4.78 is 0.568. The minimum atomic E-state index is -0.781. The van der Waals surface area contributed by atoms with Gasteiger partial charge in [0.05, 0.1) is 0 Å². The van der Waals surface area contributed by atoms with Crippen LogP contribution < -0.4 is 0 Å². The van der Waals surface area contributed by atoms with Gasteiger partial charge in [-0.1, -0.05) is 0 Å². The van der Waals surface area contributed by atoms with E-state index < -0.39 is 5.97 Å². The van der Waals surface area contributed by atoms with Crippen LogP contribution in [0.5, 0.6) is 0 Å². The first-order chi connectivity index (χ1) is 5.79. The Morgan fingerprint density at radius 1 is 1.33 bits per heavy atom. The Hall–Kier alpha value is -1.05. The van der Waals surface area contributed by atoms with Gasteiger partial charge in [0, 0.05) is 0 Å². The summed E-state index contributed by atoms with van der Waals surface area (Å²) >= 11 is 0.00944. The fourth-order valence-electron chi connectivity index (χ4n) is 1.16. The normalized spacial score (nSPS) is 10.3. The summed E-state index contributed by atoms with van der Waals surface area (Å²) in [6, 6.07) is 7.62. The molecule has 0 saturated heterocycles. The predicted octanol–water partition coefficient (Wildman–Crippen LogP) is 1.59. The van der Waals surface area contributed by atoms with Crippen LogP contribution in [0.1, 0.15) is 9.23 Å². The zero-order valence-electron chi connectivity index (χ0n) is 6.15. The summed E-state index contributed by atoms with van der Waals surface area (Å²) in [5.74, 6) is -0.781. The topological polar surface area (TPSA) is 37.3 Å². The molecule has 0 unspecified atom stereocenters. The molecule has 0 bridgehead atoms. The maximum atomic E-state index is 10.7. The first-order valence-electron chi connectivity index (χ1n) is 3.48. The molecule has 0 aliphatic carbocycles. The summed E-state index contributed by atoms with van der Waals surface area (Å²) in [7, 11) is 0. The van der Waals surface area contributed by atoms with E-state index in [9.17, 15) is 4.79 Å². The summed E-state index contributed by atoms with van der Waals surface area (Å²) in [4.78, 5) is 12.7. The molecule has 0 saturated carbocycles. The third-order valence-corrected chi connectivity index (χ3v) is 3.81. The summed E-state index contributed by atoms with van der Waals surface area (Å²) in [6.45, 7) is 0. The molecule has 2 rings (SSSR count). The Morgan fingerprint density at radius 3 is 2.83 bits per heavy atom. The SMILES string of the molecule is O=C(O)c1[se]cc2ccccc12. The van der Waals surface area contributed by atoms with E-state index in [1.165, 1.54) is 0 Å². The molecule has 60 valence electrons. The van der Waals surface area contributed by atoms with Crippen LogP contribution in [0.2, 0.25) is 0 Å². The number of benzene rings is 1. The summed E-state index contributed by atoms with van der Waals surface area (Å²) in [6.07, 6.45) is 0. The van der Waals surface area contributed by atoms with Crippen LogP contribution in [0, 0.1) is 0 Å². The van der Waals surface area contributed by atoms with Gasteiger partial charge in [-0.25, -0.2) is 0 Å². The van der Waals surface area contributed by atoms with E-state index in [0.717, 1.165) is 10.8 Å². The summed E-state index contributed by atoms with van der Waals surface area (Å²) in [5, 5.41) is 10.8. The molecule has 0 aliphatic rings. The Kier molecular flexibility index (Phi) is 1.75. The van der Waals surface area contributed by atoms with E-state index in [1.807, 2.05) is 29.2 Å². The van der Waals surface area contributed by atoms with Gasteiger partial charge in [-0.2, -0.15) is 0 Å². The molecule has 1 aromatic carbocycles. The van der Waals surface area contributed by atoms with Gasteiger partial charge >= 0.3 is 74.8 Å². The van der Waals surface area contributed by atoms with Crippen LogP contribution in [-0.2, 0) is 0 Å². The third kappa shape index (κ3) is 1.07. The molecule has 0 atom stereocenters. The monoisotopic (exact) mass is 226 g/mol. The van der Waals surface area contributed by atoms with Gasteiger partial charge in [-0.15, -0.1) is 0 Å². The fraction of sp³-hybridized carbons (Fsp3) is 0. The van der Waals surface area contributed by atoms with Crippen LogP contribution in [0.15, 0.2) is 29.2 Å². The van der Waals surface area contributed by atoms with Crippen molar-refractivity contribution in [3.8, 4) is 0 Å². The number of aromatic carboxylic acids is 1. The average Bonchev–Trinajstić information content (AvgIpc) is 2.47. The number of hydrogen-bond acceptors (Lipinski definition) is 1. The molecule has 0 aliphatic heterocycles. The van der Waals surface area contributed by atoms with Crippen molar-refractivity contribution in [2.24, 2.45) is 0 Å².